The van der Waals surface area contributed by atoms with E-state index in [1.54, 1.807) is 32.4 Å². The van der Waals surface area contributed by atoms with Gasteiger partial charge in [-0.05, 0) is 5.56 Å². The molecule has 1 atom stereocenters. The van der Waals surface area contributed by atoms with Crippen molar-refractivity contribution in [1.29, 1.82) is 0 Å². The summed E-state index contributed by atoms with van der Waals surface area (Å²) in [6.45, 7) is 0. The summed E-state index contributed by atoms with van der Waals surface area (Å²) in [5, 5.41) is 6.83. The van der Waals surface area contributed by atoms with Crippen molar-refractivity contribution in [2.45, 2.75) is 12.5 Å². The van der Waals surface area contributed by atoms with Gasteiger partial charge in [0.15, 0.2) is 0 Å². The molecule has 6 heteroatoms. The van der Waals surface area contributed by atoms with Gasteiger partial charge in [-0.15, -0.1) is 0 Å². The minimum absolute atomic E-state index is 0.264. The van der Waals surface area contributed by atoms with Crippen LogP contribution in [0.3, 0.4) is 0 Å². The molecule has 1 unspecified atom stereocenters. The van der Waals surface area contributed by atoms with Crippen LogP contribution in [0, 0.1) is 0 Å². The van der Waals surface area contributed by atoms with Gasteiger partial charge in [-0.3, -0.25) is 4.79 Å². The van der Waals surface area contributed by atoms with Gasteiger partial charge in [-0.25, -0.2) is 0 Å². The number of benzene rings is 2. The monoisotopic (exact) mass is 326 g/mol. The number of hydrogen-bond donors (Lipinski definition) is 1. The Hall–Kier alpha value is -3.02. The number of hydrogen-bond acceptors (Lipinski definition) is 5. The smallest absolute Gasteiger partial charge is 0.268 e. The standard InChI is InChI=1S/C18H18N2O4/c1-22-14-8-13(9-15(10-14)23-2)19-18(21)17-11-16(20-24-17)12-6-4-3-5-7-12/h3-10,17H,11H2,1-2H3,(H,19,21). The first-order valence-corrected chi connectivity index (χ1v) is 7.51. The zero-order valence-corrected chi connectivity index (χ0v) is 13.5. The van der Waals surface area contributed by atoms with Crippen LogP contribution in [-0.2, 0) is 9.63 Å². The van der Waals surface area contributed by atoms with Crippen molar-refractivity contribution in [2.75, 3.05) is 19.5 Å². The first kappa shape index (κ1) is 15.9. The van der Waals surface area contributed by atoms with E-state index in [0.717, 1.165) is 11.3 Å². The largest absolute Gasteiger partial charge is 0.497 e. The molecule has 124 valence electrons. The van der Waals surface area contributed by atoms with Crippen molar-refractivity contribution in [1.82, 2.24) is 0 Å². The minimum Gasteiger partial charge on any atom is -0.497 e. The number of nitrogens with zero attached hydrogens (tertiary/aromatic N) is 1. The summed E-state index contributed by atoms with van der Waals surface area (Å²) in [6.07, 6.45) is -0.228. The second-order valence-corrected chi connectivity index (χ2v) is 5.29. The Kier molecular flexibility index (Phi) is 4.65. The van der Waals surface area contributed by atoms with Crippen LogP contribution in [0.1, 0.15) is 12.0 Å². The molecule has 0 aliphatic carbocycles. The molecule has 0 spiro atoms. The van der Waals surface area contributed by atoms with Crippen molar-refractivity contribution in [3.8, 4) is 11.5 Å². The van der Waals surface area contributed by atoms with Gasteiger partial charge in [0, 0.05) is 30.3 Å². The molecule has 1 amide bonds. The lowest BCUT2D eigenvalue weighted by Crippen LogP contribution is -2.28. The van der Waals surface area contributed by atoms with Crippen LogP contribution in [0.2, 0.25) is 0 Å². The van der Waals surface area contributed by atoms with Gasteiger partial charge in [0.25, 0.3) is 5.91 Å². The normalized spacial score (nSPS) is 16.1. The topological polar surface area (TPSA) is 69.2 Å². The molecule has 2 aromatic carbocycles. The van der Waals surface area contributed by atoms with Crippen molar-refractivity contribution >= 4 is 17.3 Å². The van der Waals surface area contributed by atoms with E-state index >= 15 is 0 Å². The van der Waals surface area contributed by atoms with Crippen LogP contribution >= 0.6 is 0 Å². The third kappa shape index (κ3) is 3.48. The SMILES string of the molecule is COc1cc(NC(=O)C2CC(c3ccccc3)=NO2)cc(OC)c1. The van der Waals surface area contributed by atoms with Gasteiger partial charge in [0.1, 0.15) is 11.5 Å². The summed E-state index contributed by atoms with van der Waals surface area (Å²) in [5.74, 6) is 0.927. The first-order chi connectivity index (χ1) is 11.7. The van der Waals surface area contributed by atoms with Gasteiger partial charge < -0.3 is 19.6 Å². The number of amides is 1. The first-order valence-electron chi connectivity index (χ1n) is 7.51. The molecule has 1 aliphatic rings. The maximum absolute atomic E-state index is 12.4. The van der Waals surface area contributed by atoms with E-state index in [-0.39, 0.29) is 5.91 Å². The van der Waals surface area contributed by atoms with Gasteiger partial charge in [0.2, 0.25) is 6.10 Å². The number of carbonyl (C=O) groups is 1. The lowest BCUT2D eigenvalue weighted by atomic mass is 10.0. The summed E-state index contributed by atoms with van der Waals surface area (Å²) in [7, 11) is 3.11. The van der Waals surface area contributed by atoms with Gasteiger partial charge in [-0.1, -0.05) is 35.5 Å². The molecule has 0 radical (unpaired) electrons. The van der Waals surface area contributed by atoms with Gasteiger partial charge >= 0.3 is 0 Å². The Morgan fingerprint density at radius 3 is 2.42 bits per heavy atom. The number of anilines is 1. The molecule has 6 nitrogen and oxygen atoms in total. The molecule has 1 aliphatic heterocycles. The number of methoxy groups -OCH3 is 2. The Labute approximate surface area is 140 Å². The Bertz CT molecular complexity index is 737. The highest BCUT2D eigenvalue weighted by atomic mass is 16.6. The van der Waals surface area contributed by atoms with Crippen LogP contribution in [0.4, 0.5) is 5.69 Å². The van der Waals surface area contributed by atoms with E-state index in [9.17, 15) is 4.79 Å². The molecule has 24 heavy (non-hydrogen) atoms. The predicted molar refractivity (Wildman–Crippen MR) is 90.6 cm³/mol. The zero-order valence-electron chi connectivity index (χ0n) is 13.5. The van der Waals surface area contributed by atoms with E-state index in [1.165, 1.54) is 0 Å². The van der Waals surface area contributed by atoms with Crippen molar-refractivity contribution in [3.05, 3.63) is 54.1 Å². The highest BCUT2D eigenvalue weighted by Crippen LogP contribution is 2.26. The maximum Gasteiger partial charge on any atom is 0.268 e. The third-order valence-corrected chi connectivity index (χ3v) is 3.69. The van der Waals surface area contributed by atoms with E-state index in [1.807, 2.05) is 30.3 Å². The number of rotatable bonds is 5. The Morgan fingerprint density at radius 1 is 1.12 bits per heavy atom. The third-order valence-electron chi connectivity index (χ3n) is 3.69. The van der Waals surface area contributed by atoms with Crippen LogP contribution in [0.5, 0.6) is 11.5 Å². The molecule has 3 rings (SSSR count). The number of oxime groups is 1. The Balaban J connectivity index is 1.67. The average molecular weight is 326 g/mol. The van der Waals surface area contributed by atoms with Crippen LogP contribution in [-0.4, -0.2) is 31.9 Å². The van der Waals surface area contributed by atoms with Crippen LogP contribution < -0.4 is 14.8 Å². The summed E-state index contributed by atoms with van der Waals surface area (Å²) < 4.78 is 10.4. The quantitative estimate of drug-likeness (QED) is 0.917. The second-order valence-electron chi connectivity index (χ2n) is 5.29. The predicted octanol–water partition coefficient (Wildman–Crippen LogP) is 2.84. The number of nitrogens with one attached hydrogen (secondary N) is 1. The van der Waals surface area contributed by atoms with Gasteiger partial charge in [-0.2, -0.15) is 0 Å². The van der Waals surface area contributed by atoms with Crippen molar-refractivity contribution < 1.29 is 19.1 Å². The van der Waals surface area contributed by atoms with E-state index < -0.39 is 6.10 Å². The van der Waals surface area contributed by atoms with E-state index in [0.29, 0.717) is 23.6 Å². The lowest BCUT2D eigenvalue weighted by molar-refractivity contribution is -0.125. The molecule has 0 aromatic heterocycles. The van der Waals surface area contributed by atoms with E-state index in [2.05, 4.69) is 10.5 Å². The number of carbonyl (C=O) groups excluding carboxylic acids is 1. The molecule has 0 saturated carbocycles. The Morgan fingerprint density at radius 2 is 1.79 bits per heavy atom. The number of ether oxygens (including phenoxy) is 2. The summed E-state index contributed by atoms with van der Waals surface area (Å²) in [6, 6.07) is 14.8. The van der Waals surface area contributed by atoms with Crippen LogP contribution in [0.15, 0.2) is 53.7 Å². The zero-order chi connectivity index (χ0) is 16.9. The fourth-order valence-electron chi connectivity index (χ4n) is 2.42. The van der Waals surface area contributed by atoms with Gasteiger partial charge in [0.05, 0.1) is 19.9 Å². The highest BCUT2D eigenvalue weighted by Gasteiger charge is 2.29. The van der Waals surface area contributed by atoms with Crippen molar-refractivity contribution in [3.63, 3.8) is 0 Å². The molecular weight excluding hydrogens is 308 g/mol. The molecule has 0 saturated heterocycles. The fourth-order valence-corrected chi connectivity index (χ4v) is 2.42. The summed E-state index contributed by atoms with van der Waals surface area (Å²) in [4.78, 5) is 17.7. The second kappa shape index (κ2) is 7.04. The molecule has 2 aromatic rings. The maximum atomic E-state index is 12.4. The van der Waals surface area contributed by atoms with Crippen LogP contribution in [0.25, 0.3) is 0 Å². The van der Waals surface area contributed by atoms with Crippen molar-refractivity contribution in [2.24, 2.45) is 5.16 Å². The van der Waals surface area contributed by atoms with E-state index in [4.69, 9.17) is 14.3 Å². The minimum atomic E-state index is -0.655. The lowest BCUT2D eigenvalue weighted by Gasteiger charge is -2.12. The molecule has 0 fully saturated rings. The molecule has 0 bridgehead atoms. The highest BCUT2D eigenvalue weighted by molar-refractivity contribution is 6.06. The molecule has 1 heterocycles. The fraction of sp³-hybridized carbons (Fsp3) is 0.222. The molecular formula is C18H18N2O4. The average Bonchev–Trinajstić information content (AvgIpc) is 3.12. The molecule has 1 N–H and O–H groups in total. The summed E-state index contributed by atoms with van der Waals surface area (Å²) >= 11 is 0. The summed E-state index contributed by atoms with van der Waals surface area (Å²) in [5.41, 5.74) is 2.29.